The SMILES string of the molecule is CCCCCCCCCCC(CCC)OC(=O)c1ccccc1C(=O)[O-]. The Morgan fingerprint density at radius 1 is 0.846 bits per heavy atom. The molecule has 0 N–H and O–H groups in total. The molecular formula is C22H33O4-. The summed E-state index contributed by atoms with van der Waals surface area (Å²) < 4.78 is 5.60. The lowest BCUT2D eigenvalue weighted by molar-refractivity contribution is -0.255. The molecule has 0 bridgehead atoms. The maximum atomic E-state index is 12.4. The van der Waals surface area contributed by atoms with Gasteiger partial charge < -0.3 is 14.6 Å². The van der Waals surface area contributed by atoms with Crippen LogP contribution in [0.1, 0.15) is 105 Å². The average molecular weight is 362 g/mol. The number of hydrogen-bond donors (Lipinski definition) is 0. The Bertz CT molecular complexity index is 539. The lowest BCUT2D eigenvalue weighted by Gasteiger charge is -2.18. The van der Waals surface area contributed by atoms with Crippen molar-refractivity contribution >= 4 is 11.9 Å². The minimum absolute atomic E-state index is 0.0736. The van der Waals surface area contributed by atoms with E-state index in [-0.39, 0.29) is 17.2 Å². The van der Waals surface area contributed by atoms with Crippen molar-refractivity contribution in [2.24, 2.45) is 0 Å². The predicted octanol–water partition coefficient (Wildman–Crippen LogP) is 4.91. The Morgan fingerprint density at radius 2 is 1.42 bits per heavy atom. The van der Waals surface area contributed by atoms with Gasteiger partial charge >= 0.3 is 5.97 Å². The molecule has 1 aromatic carbocycles. The summed E-state index contributed by atoms with van der Waals surface area (Å²) in [7, 11) is 0. The molecule has 0 heterocycles. The van der Waals surface area contributed by atoms with Crippen LogP contribution in [0, 0.1) is 0 Å². The molecule has 0 aliphatic carbocycles. The molecule has 4 heteroatoms. The van der Waals surface area contributed by atoms with Gasteiger partial charge in [-0.1, -0.05) is 83.4 Å². The Hall–Kier alpha value is -1.84. The zero-order chi connectivity index (χ0) is 19.2. The van der Waals surface area contributed by atoms with E-state index in [2.05, 4.69) is 13.8 Å². The number of carbonyl (C=O) groups is 2. The first-order valence-electron chi connectivity index (χ1n) is 10.1. The Balaban J connectivity index is 2.43. The summed E-state index contributed by atoms with van der Waals surface area (Å²) in [5, 5.41) is 11.2. The number of carboxylic acids is 1. The average Bonchev–Trinajstić information content (AvgIpc) is 2.63. The summed E-state index contributed by atoms with van der Waals surface area (Å²) in [6.45, 7) is 4.28. The van der Waals surface area contributed by atoms with Crippen LogP contribution in [0.25, 0.3) is 0 Å². The molecule has 0 aromatic heterocycles. The van der Waals surface area contributed by atoms with Crippen molar-refractivity contribution in [1.82, 2.24) is 0 Å². The monoisotopic (exact) mass is 361 g/mol. The van der Waals surface area contributed by atoms with E-state index in [1.54, 1.807) is 12.1 Å². The third-order valence-electron chi connectivity index (χ3n) is 4.63. The van der Waals surface area contributed by atoms with Crippen LogP contribution in [-0.4, -0.2) is 18.0 Å². The number of carboxylic acid groups (broad SMARTS) is 1. The second-order valence-electron chi connectivity index (χ2n) is 6.91. The lowest BCUT2D eigenvalue weighted by Crippen LogP contribution is -2.26. The van der Waals surface area contributed by atoms with Crippen LogP contribution < -0.4 is 5.11 Å². The van der Waals surface area contributed by atoms with Crippen LogP contribution in [0.2, 0.25) is 0 Å². The van der Waals surface area contributed by atoms with Crippen molar-refractivity contribution in [3.05, 3.63) is 35.4 Å². The number of benzene rings is 1. The van der Waals surface area contributed by atoms with Crippen molar-refractivity contribution in [2.75, 3.05) is 0 Å². The summed E-state index contributed by atoms with van der Waals surface area (Å²) in [5.74, 6) is -1.92. The Morgan fingerprint density at radius 3 is 2.00 bits per heavy atom. The number of esters is 1. The van der Waals surface area contributed by atoms with Gasteiger partial charge in [0.05, 0.1) is 11.5 Å². The van der Waals surface area contributed by atoms with Crippen LogP contribution in [-0.2, 0) is 4.74 Å². The van der Waals surface area contributed by atoms with Gasteiger partial charge in [0.15, 0.2) is 0 Å². The van der Waals surface area contributed by atoms with Gasteiger partial charge in [-0.3, -0.25) is 0 Å². The van der Waals surface area contributed by atoms with Gasteiger partial charge in [0.2, 0.25) is 0 Å². The molecule has 0 aliphatic heterocycles. The van der Waals surface area contributed by atoms with Crippen molar-refractivity contribution in [3.8, 4) is 0 Å². The largest absolute Gasteiger partial charge is 0.545 e. The Labute approximate surface area is 158 Å². The van der Waals surface area contributed by atoms with E-state index in [1.807, 2.05) is 0 Å². The Kier molecular flexibility index (Phi) is 11.4. The molecule has 0 saturated heterocycles. The first-order chi connectivity index (χ1) is 12.6. The van der Waals surface area contributed by atoms with E-state index < -0.39 is 11.9 Å². The molecule has 26 heavy (non-hydrogen) atoms. The van der Waals surface area contributed by atoms with Gasteiger partial charge in [-0.2, -0.15) is 0 Å². The molecule has 1 atom stereocenters. The van der Waals surface area contributed by atoms with Crippen LogP contribution in [0.3, 0.4) is 0 Å². The first-order valence-corrected chi connectivity index (χ1v) is 10.1. The van der Waals surface area contributed by atoms with Crippen LogP contribution >= 0.6 is 0 Å². The minimum atomic E-state index is -1.35. The van der Waals surface area contributed by atoms with Crippen LogP contribution in [0.15, 0.2) is 24.3 Å². The van der Waals surface area contributed by atoms with Gasteiger partial charge in [-0.05, 0) is 25.3 Å². The quantitative estimate of drug-likeness (QED) is 0.349. The topological polar surface area (TPSA) is 66.4 Å². The van der Waals surface area contributed by atoms with Crippen LogP contribution in [0.5, 0.6) is 0 Å². The van der Waals surface area contributed by atoms with Gasteiger partial charge in [-0.25, -0.2) is 4.79 Å². The summed E-state index contributed by atoms with van der Waals surface area (Å²) in [4.78, 5) is 23.5. The molecule has 146 valence electrons. The highest BCUT2D eigenvalue weighted by Gasteiger charge is 2.18. The number of rotatable bonds is 14. The molecule has 0 spiro atoms. The second-order valence-corrected chi connectivity index (χ2v) is 6.91. The molecule has 4 nitrogen and oxygen atoms in total. The fourth-order valence-electron chi connectivity index (χ4n) is 3.14. The van der Waals surface area contributed by atoms with Crippen molar-refractivity contribution in [3.63, 3.8) is 0 Å². The summed E-state index contributed by atoms with van der Waals surface area (Å²) in [6.07, 6.45) is 12.3. The fourth-order valence-corrected chi connectivity index (χ4v) is 3.14. The second kappa shape index (κ2) is 13.4. The highest BCUT2D eigenvalue weighted by atomic mass is 16.5. The van der Waals surface area contributed by atoms with E-state index in [1.165, 1.54) is 50.7 Å². The minimum Gasteiger partial charge on any atom is -0.545 e. The molecule has 0 fully saturated rings. The summed E-state index contributed by atoms with van der Waals surface area (Å²) in [6, 6.07) is 6.06. The summed E-state index contributed by atoms with van der Waals surface area (Å²) in [5.41, 5.74) is -0.0376. The molecule has 0 saturated carbocycles. The van der Waals surface area contributed by atoms with Crippen molar-refractivity contribution in [2.45, 2.75) is 90.6 Å². The standard InChI is InChI=1S/C22H34O4/c1-3-5-6-7-8-9-10-11-15-18(14-4-2)26-22(25)20-17-13-12-16-19(20)21(23)24/h12-13,16-18H,3-11,14-15H2,1-2H3,(H,23,24)/p-1. The number of ether oxygens (including phenoxy) is 1. The first kappa shape index (κ1) is 22.2. The van der Waals surface area contributed by atoms with E-state index >= 15 is 0 Å². The molecule has 0 aliphatic rings. The molecular weight excluding hydrogens is 328 g/mol. The number of hydrogen-bond acceptors (Lipinski definition) is 4. The highest BCUT2D eigenvalue weighted by molar-refractivity contribution is 6.01. The molecule has 1 aromatic rings. The van der Waals surface area contributed by atoms with E-state index in [0.29, 0.717) is 0 Å². The normalized spacial score (nSPS) is 11.9. The maximum Gasteiger partial charge on any atom is 0.339 e. The van der Waals surface area contributed by atoms with E-state index in [4.69, 9.17) is 4.74 Å². The third-order valence-corrected chi connectivity index (χ3v) is 4.63. The van der Waals surface area contributed by atoms with E-state index in [9.17, 15) is 14.7 Å². The lowest BCUT2D eigenvalue weighted by atomic mass is 10.0. The van der Waals surface area contributed by atoms with E-state index in [0.717, 1.165) is 32.1 Å². The van der Waals surface area contributed by atoms with Crippen LogP contribution in [0.4, 0.5) is 0 Å². The van der Waals surface area contributed by atoms with Gasteiger partial charge in [0, 0.05) is 5.56 Å². The molecule has 0 amide bonds. The predicted molar refractivity (Wildman–Crippen MR) is 102 cm³/mol. The third kappa shape index (κ3) is 8.50. The molecule has 1 rings (SSSR count). The maximum absolute atomic E-state index is 12.4. The molecule has 1 unspecified atom stereocenters. The number of unbranched alkanes of at least 4 members (excludes halogenated alkanes) is 7. The van der Waals surface area contributed by atoms with Crippen molar-refractivity contribution < 1.29 is 19.4 Å². The zero-order valence-corrected chi connectivity index (χ0v) is 16.3. The smallest absolute Gasteiger partial charge is 0.339 e. The number of aromatic carboxylic acids is 1. The van der Waals surface area contributed by atoms with Gasteiger partial charge in [-0.15, -0.1) is 0 Å². The molecule has 0 radical (unpaired) electrons. The fraction of sp³-hybridized carbons (Fsp3) is 0.636. The zero-order valence-electron chi connectivity index (χ0n) is 16.3. The number of carbonyl (C=O) groups excluding carboxylic acids is 2. The van der Waals surface area contributed by atoms with Gasteiger partial charge in [0.25, 0.3) is 0 Å². The highest BCUT2D eigenvalue weighted by Crippen LogP contribution is 2.18. The summed E-state index contributed by atoms with van der Waals surface area (Å²) >= 11 is 0. The van der Waals surface area contributed by atoms with Crippen molar-refractivity contribution in [1.29, 1.82) is 0 Å². The van der Waals surface area contributed by atoms with Gasteiger partial charge in [0.1, 0.15) is 6.10 Å².